The van der Waals surface area contributed by atoms with E-state index in [9.17, 15) is 99.9 Å². The molecule has 82 heavy (non-hydrogen) atoms. The van der Waals surface area contributed by atoms with Crippen LogP contribution in [0.15, 0.2) is 72.8 Å². The Bertz CT molecular complexity index is 3240. The van der Waals surface area contributed by atoms with Crippen molar-refractivity contribution < 1.29 is 154 Å². The van der Waals surface area contributed by atoms with Crippen molar-refractivity contribution in [2.75, 3.05) is 58.6 Å². The van der Waals surface area contributed by atoms with Crippen molar-refractivity contribution in [3.05, 3.63) is 123 Å². The molecule has 6 atom stereocenters. The fraction of sp³-hybridized carbons (Fsp3) is 0.175. The molecule has 0 bridgehead atoms. The zero-order valence-corrected chi connectivity index (χ0v) is 47.4. The quantitative estimate of drug-likeness (QED) is 0.0402. The van der Waals surface area contributed by atoms with Gasteiger partial charge in [0.2, 0.25) is 5.91 Å². The standard InChI is InChI=1S/C40H41N3O33P6/c1-65-77(53,54)71-35(47)23-11-24(36(48)72-78(55,56)66-2)15-29(14-23)41-32(44)9-20-7-21(33(45)42-30-16-25(37(49)73-79(57,58)67-3)12-26(17-30)38(50)74-80(59,60)68-4)10-22(8-20)34(46)43-31-18-27(39(51)75-81(61,62)69-5)13-28(19-31)40(52)76-82(63,64)70-6/h7-8,10-19H,9H2,1-6H3,(H,41,44)(H,42,45)(H,43,46)(H,53,54)(H,55,56)(H,57,58)(H,59,60)(H,61,62)(H,63,64). The van der Waals surface area contributed by atoms with Crippen LogP contribution in [0.2, 0.25) is 0 Å². The largest absolute Gasteiger partial charge is 0.529 e. The van der Waals surface area contributed by atoms with Crippen LogP contribution in [0.25, 0.3) is 0 Å². The maximum Gasteiger partial charge on any atom is 0.529 e. The molecule has 0 saturated carbocycles. The predicted molar refractivity (Wildman–Crippen MR) is 268 cm³/mol. The van der Waals surface area contributed by atoms with E-state index in [0.29, 0.717) is 60.9 Å². The number of phosphoric acid groups is 6. The Balaban J connectivity index is 1.91. The molecule has 0 fully saturated rings. The molecule has 0 saturated heterocycles. The average Bonchev–Trinajstić information content (AvgIpc) is 3.57. The first-order valence-electron chi connectivity index (χ1n) is 21.1. The molecule has 0 aromatic heterocycles. The van der Waals surface area contributed by atoms with Gasteiger partial charge >= 0.3 is 82.8 Å². The minimum absolute atomic E-state index is 0.357. The fourth-order valence-corrected chi connectivity index (χ4v) is 8.17. The van der Waals surface area contributed by atoms with Gasteiger partial charge in [0, 0.05) is 70.8 Å². The first-order valence-corrected chi connectivity index (χ1v) is 30.1. The second-order valence-electron chi connectivity index (χ2n) is 15.1. The van der Waals surface area contributed by atoms with Crippen molar-refractivity contribution >= 4 is 118 Å². The molecule has 6 unspecified atom stereocenters. The lowest BCUT2D eigenvalue weighted by molar-refractivity contribution is -0.115. The van der Waals surface area contributed by atoms with Gasteiger partial charge in [-0.3, -0.25) is 70.9 Å². The van der Waals surface area contributed by atoms with Crippen LogP contribution in [0, 0.1) is 0 Å². The summed E-state index contributed by atoms with van der Waals surface area (Å²) in [5.41, 5.74) is -8.44. The van der Waals surface area contributed by atoms with E-state index in [0.717, 1.165) is 54.6 Å². The van der Waals surface area contributed by atoms with E-state index < -0.39 is 168 Å². The van der Waals surface area contributed by atoms with Gasteiger partial charge in [-0.1, -0.05) is 0 Å². The average molecular weight is 1280 g/mol. The van der Waals surface area contributed by atoms with Crippen LogP contribution in [0.5, 0.6) is 0 Å². The molecule has 9 N–H and O–H groups in total. The number of carbonyl (C=O) groups excluding carboxylic acids is 9. The highest BCUT2D eigenvalue weighted by molar-refractivity contribution is 7.49. The van der Waals surface area contributed by atoms with Crippen LogP contribution < -0.4 is 16.0 Å². The Hall–Kier alpha value is -6.99. The monoisotopic (exact) mass is 1280 g/mol. The van der Waals surface area contributed by atoms with Crippen LogP contribution in [0.3, 0.4) is 0 Å². The molecular weight excluding hydrogens is 1240 g/mol. The van der Waals surface area contributed by atoms with Gasteiger partial charge in [0.15, 0.2) is 0 Å². The lowest BCUT2D eigenvalue weighted by Gasteiger charge is -2.15. The number of hydrogen-bond acceptors (Lipinski definition) is 27. The second kappa shape index (κ2) is 27.4. The molecule has 4 aromatic rings. The van der Waals surface area contributed by atoms with Gasteiger partial charge in [-0.2, -0.15) is 0 Å². The van der Waals surface area contributed by atoms with Crippen LogP contribution in [-0.4, -0.2) is 126 Å². The Labute approximate surface area is 458 Å². The summed E-state index contributed by atoms with van der Waals surface area (Å²) in [5.74, 6) is -14.0. The summed E-state index contributed by atoms with van der Waals surface area (Å²) in [6.07, 6.45) is -0.960. The maximum atomic E-state index is 14.2. The highest BCUT2D eigenvalue weighted by Gasteiger charge is 2.33. The third-order valence-electron chi connectivity index (χ3n) is 9.47. The van der Waals surface area contributed by atoms with E-state index in [4.69, 9.17) is 0 Å². The number of anilines is 3. The van der Waals surface area contributed by atoms with Gasteiger partial charge < -0.3 is 43.1 Å². The minimum Gasteiger partial charge on any atom is -0.367 e. The Kier molecular flexibility index (Phi) is 22.6. The molecule has 0 radical (unpaired) electrons. The van der Waals surface area contributed by atoms with Gasteiger partial charge in [0.05, 0.1) is 39.8 Å². The van der Waals surface area contributed by atoms with Crippen molar-refractivity contribution in [3.63, 3.8) is 0 Å². The molecule has 36 nitrogen and oxygen atoms in total. The van der Waals surface area contributed by atoms with Gasteiger partial charge in [0.1, 0.15) is 0 Å². The van der Waals surface area contributed by atoms with E-state index in [1.807, 2.05) is 0 Å². The van der Waals surface area contributed by atoms with Gasteiger partial charge in [0.25, 0.3) is 11.8 Å². The third-order valence-corrected chi connectivity index (χ3v) is 14.6. The summed E-state index contributed by atoms with van der Waals surface area (Å²) in [7, 11) is -26.7. The maximum absolute atomic E-state index is 14.2. The number of hydrogen-bond donors (Lipinski definition) is 9. The smallest absolute Gasteiger partial charge is 0.367 e. The van der Waals surface area contributed by atoms with E-state index in [1.54, 1.807) is 0 Å². The molecule has 42 heteroatoms. The molecule has 0 aliphatic carbocycles. The number of carbonyl (C=O) groups is 9. The topological polar surface area (TPSA) is 524 Å². The van der Waals surface area contributed by atoms with Gasteiger partial charge in [-0.05, 0) is 78.4 Å². The molecule has 0 spiro atoms. The third kappa shape index (κ3) is 20.2. The lowest BCUT2D eigenvalue weighted by Crippen LogP contribution is -2.20. The summed E-state index contributed by atoms with van der Waals surface area (Å²) in [5, 5.41) is 6.61. The summed E-state index contributed by atoms with van der Waals surface area (Å²) in [4.78, 5) is 178. The van der Waals surface area contributed by atoms with Crippen LogP contribution in [-0.2, 0) is 92.9 Å². The van der Waals surface area contributed by atoms with Crippen molar-refractivity contribution in [2.45, 2.75) is 6.42 Å². The summed E-state index contributed by atoms with van der Waals surface area (Å²) in [6.45, 7) is 0. The summed E-state index contributed by atoms with van der Waals surface area (Å²) < 4.78 is 124. The van der Waals surface area contributed by atoms with Gasteiger partial charge in [-0.25, -0.2) is 56.2 Å². The molecule has 4 rings (SSSR count). The van der Waals surface area contributed by atoms with Crippen molar-refractivity contribution in [2.24, 2.45) is 0 Å². The molecule has 0 aliphatic rings. The highest BCUT2D eigenvalue weighted by Crippen LogP contribution is 2.47. The van der Waals surface area contributed by atoms with E-state index in [-0.39, 0.29) is 5.56 Å². The SMILES string of the molecule is COP(=O)(O)OC(=O)c1cc(NC(=O)Cc2cc(C(=O)Nc3cc(C(=O)OP(=O)(O)OC)cc(C(=O)OP(=O)(O)OC)c3)cc(C(=O)Nc3cc(C(=O)OP(=O)(O)OC)cc(C(=O)OP(=O)(O)OC)c3)c2)cc(C(=O)OP(=O)(O)OC)c1. The van der Waals surface area contributed by atoms with Crippen LogP contribution >= 0.6 is 46.9 Å². The highest BCUT2D eigenvalue weighted by atomic mass is 31.2. The number of rotatable bonds is 25. The first-order chi connectivity index (χ1) is 37.9. The Morgan fingerprint density at radius 2 is 0.512 bits per heavy atom. The molecular formula is C40H41N3O33P6. The second-order valence-corrected chi connectivity index (χ2v) is 24.0. The molecule has 3 amide bonds. The van der Waals surface area contributed by atoms with Crippen molar-refractivity contribution in [1.29, 1.82) is 0 Å². The minimum atomic E-state index is -5.13. The lowest BCUT2D eigenvalue weighted by atomic mass is 10.0. The number of benzene rings is 4. The molecule has 0 heterocycles. The Morgan fingerprint density at radius 1 is 0.317 bits per heavy atom. The summed E-state index contributed by atoms with van der Waals surface area (Å²) >= 11 is 0. The van der Waals surface area contributed by atoms with Crippen molar-refractivity contribution in [1.82, 2.24) is 0 Å². The molecule has 4 aromatic carbocycles. The Morgan fingerprint density at radius 3 is 0.720 bits per heavy atom. The number of phosphoric ester groups is 6. The van der Waals surface area contributed by atoms with Crippen molar-refractivity contribution in [3.8, 4) is 0 Å². The van der Waals surface area contributed by atoms with Gasteiger partial charge in [-0.15, -0.1) is 0 Å². The first kappa shape index (κ1) is 67.5. The van der Waals surface area contributed by atoms with E-state index in [2.05, 4.69) is 70.2 Å². The van der Waals surface area contributed by atoms with E-state index >= 15 is 0 Å². The van der Waals surface area contributed by atoms with E-state index in [1.165, 1.54) is 0 Å². The normalized spacial score (nSPS) is 15.5. The fourth-order valence-electron chi connectivity index (χ4n) is 5.83. The molecule has 444 valence electrons. The number of amides is 3. The van der Waals surface area contributed by atoms with Crippen LogP contribution in [0.4, 0.5) is 17.1 Å². The molecule has 0 aliphatic heterocycles. The predicted octanol–water partition coefficient (Wildman–Crippen LogP) is 4.79. The van der Waals surface area contributed by atoms with Crippen LogP contribution in [0.1, 0.15) is 88.4 Å². The zero-order valence-electron chi connectivity index (χ0n) is 42.0. The summed E-state index contributed by atoms with van der Waals surface area (Å²) in [6, 6.07) is 8.78. The zero-order chi connectivity index (χ0) is 61.9. The number of nitrogens with one attached hydrogen (secondary N) is 3.